The van der Waals surface area contributed by atoms with Crippen LogP contribution in [0.4, 0.5) is 0 Å². The molecule has 11 heavy (non-hydrogen) atoms. The van der Waals surface area contributed by atoms with Gasteiger partial charge >= 0.3 is 0 Å². The third kappa shape index (κ3) is 1.02. The average molecular weight is 154 g/mol. The van der Waals surface area contributed by atoms with Gasteiger partial charge in [-0.05, 0) is 6.92 Å². The minimum Gasteiger partial charge on any atom is -0.504 e. The van der Waals surface area contributed by atoms with Gasteiger partial charge in [0, 0.05) is 11.6 Å². The van der Waals surface area contributed by atoms with Crippen LogP contribution in [0.5, 0.6) is 0 Å². The third-order valence-electron chi connectivity index (χ3n) is 1.44. The second-order valence-electron chi connectivity index (χ2n) is 2.20. The van der Waals surface area contributed by atoms with Crippen molar-refractivity contribution in [1.29, 1.82) is 0 Å². The van der Waals surface area contributed by atoms with Gasteiger partial charge in [0.1, 0.15) is 0 Å². The lowest BCUT2D eigenvalue weighted by molar-refractivity contribution is -0.119. The van der Waals surface area contributed by atoms with Gasteiger partial charge in [-0.1, -0.05) is 0 Å². The summed E-state index contributed by atoms with van der Waals surface area (Å²) in [4.78, 5) is 21.5. The van der Waals surface area contributed by atoms with Gasteiger partial charge in [0.15, 0.2) is 17.3 Å². The van der Waals surface area contributed by atoms with Crippen molar-refractivity contribution in [3.63, 3.8) is 0 Å². The van der Waals surface area contributed by atoms with E-state index >= 15 is 0 Å². The molecule has 0 atom stereocenters. The van der Waals surface area contributed by atoms with Crippen molar-refractivity contribution in [2.24, 2.45) is 0 Å². The van der Waals surface area contributed by atoms with E-state index in [4.69, 9.17) is 10.2 Å². The number of carbonyl (C=O) groups is 2. The summed E-state index contributed by atoms with van der Waals surface area (Å²) in [5, 5.41) is 17.6. The molecule has 58 valence electrons. The lowest BCUT2D eigenvalue weighted by Crippen LogP contribution is -2.17. The van der Waals surface area contributed by atoms with Crippen molar-refractivity contribution < 1.29 is 19.8 Å². The smallest absolute Gasteiger partial charge is 0.262 e. The van der Waals surface area contributed by atoms with Gasteiger partial charge in [-0.15, -0.1) is 0 Å². The number of carbonyl (C=O) groups excluding carboxylic acids is 2. The first-order valence-corrected chi connectivity index (χ1v) is 2.93. The Bertz CT molecular complexity index is 296. The number of ketones is 2. The van der Waals surface area contributed by atoms with Gasteiger partial charge < -0.3 is 10.2 Å². The molecule has 0 saturated carbocycles. The molecule has 0 fully saturated rings. The minimum absolute atomic E-state index is 0.0344. The lowest BCUT2D eigenvalue weighted by Gasteiger charge is -2.06. The van der Waals surface area contributed by atoms with Crippen molar-refractivity contribution in [3.8, 4) is 0 Å². The largest absolute Gasteiger partial charge is 0.504 e. The van der Waals surface area contributed by atoms with Crippen LogP contribution in [0.15, 0.2) is 23.2 Å². The van der Waals surface area contributed by atoms with Crippen LogP contribution in [0.2, 0.25) is 0 Å². The monoisotopic (exact) mass is 154 g/mol. The van der Waals surface area contributed by atoms with Gasteiger partial charge in [0.05, 0.1) is 0 Å². The molecule has 0 spiro atoms. The van der Waals surface area contributed by atoms with E-state index in [2.05, 4.69) is 0 Å². The molecule has 0 aromatic rings. The maximum absolute atomic E-state index is 10.8. The second-order valence-corrected chi connectivity index (χ2v) is 2.20. The number of Topliss-reactive ketones (excluding diaryl/α,β-unsaturated/α-hetero) is 1. The zero-order valence-electron chi connectivity index (χ0n) is 5.79. The fourth-order valence-electron chi connectivity index (χ4n) is 0.706. The van der Waals surface area contributed by atoms with E-state index in [0.29, 0.717) is 0 Å². The number of hydrogen-bond donors (Lipinski definition) is 2. The Morgan fingerprint density at radius 3 is 2.36 bits per heavy atom. The van der Waals surface area contributed by atoms with E-state index in [1.54, 1.807) is 0 Å². The SMILES string of the molecule is CC1=C(O)C(=O)C(O)=CC1=O. The average Bonchev–Trinajstić information content (AvgIpc) is 1.97. The zero-order valence-corrected chi connectivity index (χ0v) is 5.79. The van der Waals surface area contributed by atoms with Crippen LogP contribution in [0.1, 0.15) is 6.92 Å². The maximum atomic E-state index is 10.8. The first-order chi connectivity index (χ1) is 5.04. The molecule has 0 radical (unpaired) electrons. The van der Waals surface area contributed by atoms with Crippen LogP contribution < -0.4 is 0 Å². The molecule has 0 saturated heterocycles. The van der Waals surface area contributed by atoms with Gasteiger partial charge in [0.25, 0.3) is 5.78 Å². The summed E-state index contributed by atoms with van der Waals surface area (Å²) in [6.45, 7) is 1.32. The predicted molar refractivity (Wildman–Crippen MR) is 36.1 cm³/mol. The summed E-state index contributed by atoms with van der Waals surface area (Å²) in [6, 6.07) is 0. The zero-order chi connectivity index (χ0) is 8.59. The fraction of sp³-hybridized carbons (Fsp3) is 0.143. The Labute approximate surface area is 62.5 Å². The number of aliphatic hydroxyl groups excluding tert-OH is 2. The summed E-state index contributed by atoms with van der Waals surface area (Å²) in [6.07, 6.45) is 0.789. The molecule has 2 N–H and O–H groups in total. The minimum atomic E-state index is -0.901. The summed E-state index contributed by atoms with van der Waals surface area (Å²) in [7, 11) is 0. The van der Waals surface area contributed by atoms with Gasteiger partial charge in [-0.3, -0.25) is 9.59 Å². The van der Waals surface area contributed by atoms with E-state index in [9.17, 15) is 9.59 Å². The first-order valence-electron chi connectivity index (χ1n) is 2.93. The number of rotatable bonds is 0. The molecule has 0 aromatic heterocycles. The molecule has 0 bridgehead atoms. The van der Waals surface area contributed by atoms with Crippen LogP contribution in [0.25, 0.3) is 0 Å². The Kier molecular flexibility index (Phi) is 1.53. The van der Waals surface area contributed by atoms with E-state index in [0.717, 1.165) is 6.08 Å². The highest BCUT2D eigenvalue weighted by Gasteiger charge is 2.24. The molecular weight excluding hydrogens is 148 g/mol. The van der Waals surface area contributed by atoms with Crippen molar-refractivity contribution in [2.45, 2.75) is 6.92 Å². The van der Waals surface area contributed by atoms with Crippen LogP contribution in [-0.4, -0.2) is 21.8 Å². The van der Waals surface area contributed by atoms with Crippen molar-refractivity contribution in [2.75, 3.05) is 0 Å². The summed E-state index contributed by atoms with van der Waals surface area (Å²) >= 11 is 0. The highest BCUT2D eigenvalue weighted by atomic mass is 16.3. The molecule has 0 amide bonds. The Balaban J connectivity index is 3.19. The van der Waals surface area contributed by atoms with Gasteiger partial charge in [0.2, 0.25) is 0 Å². The fourth-order valence-corrected chi connectivity index (χ4v) is 0.706. The van der Waals surface area contributed by atoms with E-state index in [1.165, 1.54) is 6.92 Å². The first kappa shape index (κ1) is 7.53. The van der Waals surface area contributed by atoms with Gasteiger partial charge in [-0.25, -0.2) is 0 Å². The van der Waals surface area contributed by atoms with Crippen molar-refractivity contribution in [3.05, 3.63) is 23.2 Å². The molecule has 1 aliphatic rings. The maximum Gasteiger partial charge on any atom is 0.262 e. The summed E-state index contributed by atoms with van der Waals surface area (Å²) < 4.78 is 0. The van der Waals surface area contributed by atoms with Crippen molar-refractivity contribution >= 4 is 11.6 Å². The molecule has 4 heteroatoms. The third-order valence-corrected chi connectivity index (χ3v) is 1.44. The highest BCUT2D eigenvalue weighted by molar-refractivity contribution is 6.20. The van der Waals surface area contributed by atoms with E-state index < -0.39 is 23.1 Å². The predicted octanol–water partition coefficient (Wildman–Crippen LogP) is 0.412. The molecule has 0 heterocycles. The summed E-state index contributed by atoms with van der Waals surface area (Å²) in [5.41, 5.74) is -0.0344. The van der Waals surface area contributed by atoms with Crippen LogP contribution in [-0.2, 0) is 9.59 Å². The van der Waals surface area contributed by atoms with Crippen molar-refractivity contribution in [1.82, 2.24) is 0 Å². The highest BCUT2D eigenvalue weighted by Crippen LogP contribution is 2.14. The Morgan fingerprint density at radius 1 is 1.27 bits per heavy atom. The van der Waals surface area contributed by atoms with Crippen LogP contribution in [0.3, 0.4) is 0 Å². The Hall–Kier alpha value is -1.58. The number of aliphatic hydroxyl groups is 2. The molecule has 0 aliphatic heterocycles. The Morgan fingerprint density at radius 2 is 1.82 bits per heavy atom. The molecular formula is C7H6O4. The quantitative estimate of drug-likeness (QED) is 0.495. The second kappa shape index (κ2) is 2.23. The normalized spacial score (nSPS) is 18.8. The topological polar surface area (TPSA) is 74.6 Å². The number of allylic oxidation sites excluding steroid dienone is 2. The van der Waals surface area contributed by atoms with Crippen LogP contribution in [0, 0.1) is 0 Å². The molecule has 1 rings (SSSR count). The van der Waals surface area contributed by atoms with Crippen LogP contribution >= 0.6 is 0 Å². The standard InChI is InChI=1S/C7H6O4/c1-3-4(8)2-5(9)7(11)6(3)10/h2,9-10H,1H3. The van der Waals surface area contributed by atoms with Gasteiger partial charge in [-0.2, -0.15) is 0 Å². The van der Waals surface area contributed by atoms with E-state index in [-0.39, 0.29) is 5.57 Å². The number of hydrogen-bond acceptors (Lipinski definition) is 4. The molecule has 4 nitrogen and oxygen atoms in total. The molecule has 0 aromatic carbocycles. The molecule has 0 unspecified atom stereocenters. The van der Waals surface area contributed by atoms with E-state index in [1.807, 2.05) is 0 Å². The summed E-state index contributed by atoms with van der Waals surface area (Å²) in [5.74, 6) is -2.82. The lowest BCUT2D eigenvalue weighted by atomic mass is 10.0. The molecule has 1 aliphatic carbocycles.